The average Bonchev–Trinajstić information content (AvgIpc) is 2.90. The summed E-state index contributed by atoms with van der Waals surface area (Å²) in [5, 5.41) is 3.29. The molecule has 1 fully saturated rings. The Morgan fingerprint density at radius 2 is 2.10 bits per heavy atom. The number of benzene rings is 1. The standard InChI is InChI=1S/C15H19BrN2O2.ClH/c1-20-15(5-7-17-8-6-15)14(19)18-9-4-11-2-3-12(16)10-13(11)18;/h2-3,10,17H,4-9H2,1H3;1H. The molecule has 4 nitrogen and oxygen atoms in total. The maximum atomic E-state index is 13.0. The van der Waals surface area contributed by atoms with Crippen molar-refractivity contribution >= 4 is 39.9 Å². The quantitative estimate of drug-likeness (QED) is 0.863. The third-order valence-corrected chi connectivity index (χ3v) is 4.87. The van der Waals surface area contributed by atoms with Gasteiger partial charge in [0.1, 0.15) is 5.60 Å². The van der Waals surface area contributed by atoms with E-state index in [1.165, 1.54) is 5.56 Å². The van der Waals surface area contributed by atoms with Gasteiger partial charge in [-0.15, -0.1) is 12.4 Å². The molecule has 21 heavy (non-hydrogen) atoms. The van der Waals surface area contributed by atoms with Crippen molar-refractivity contribution in [2.24, 2.45) is 0 Å². The Morgan fingerprint density at radius 3 is 2.76 bits per heavy atom. The van der Waals surface area contributed by atoms with Crippen LogP contribution < -0.4 is 10.2 Å². The average molecular weight is 376 g/mol. The fourth-order valence-corrected chi connectivity index (χ4v) is 3.49. The molecular weight excluding hydrogens is 356 g/mol. The fraction of sp³-hybridized carbons (Fsp3) is 0.533. The molecule has 2 heterocycles. The maximum Gasteiger partial charge on any atom is 0.259 e. The lowest BCUT2D eigenvalue weighted by atomic mass is 9.90. The highest BCUT2D eigenvalue weighted by atomic mass is 79.9. The lowest BCUT2D eigenvalue weighted by molar-refractivity contribution is -0.143. The molecule has 0 bridgehead atoms. The van der Waals surface area contributed by atoms with E-state index < -0.39 is 5.60 Å². The fourth-order valence-electron chi connectivity index (χ4n) is 3.15. The number of piperidine rings is 1. The molecule has 6 heteroatoms. The second-order valence-corrected chi connectivity index (χ2v) is 6.34. The number of amides is 1. The topological polar surface area (TPSA) is 41.6 Å². The van der Waals surface area contributed by atoms with Gasteiger partial charge in [-0.05, 0) is 50.0 Å². The molecule has 0 saturated carbocycles. The number of hydrogen-bond donors (Lipinski definition) is 1. The van der Waals surface area contributed by atoms with Crippen LogP contribution in [0.2, 0.25) is 0 Å². The number of anilines is 1. The van der Waals surface area contributed by atoms with Crippen molar-refractivity contribution in [3.05, 3.63) is 28.2 Å². The molecule has 1 aromatic carbocycles. The molecule has 0 aliphatic carbocycles. The van der Waals surface area contributed by atoms with E-state index in [0.717, 1.165) is 49.1 Å². The van der Waals surface area contributed by atoms with Gasteiger partial charge in [-0.3, -0.25) is 4.79 Å². The number of halogens is 2. The first-order valence-corrected chi connectivity index (χ1v) is 7.82. The molecule has 0 atom stereocenters. The number of rotatable bonds is 2. The van der Waals surface area contributed by atoms with Gasteiger partial charge in [-0.1, -0.05) is 22.0 Å². The van der Waals surface area contributed by atoms with Crippen LogP contribution in [0, 0.1) is 0 Å². The lowest BCUT2D eigenvalue weighted by Gasteiger charge is -2.37. The third-order valence-electron chi connectivity index (χ3n) is 4.38. The summed E-state index contributed by atoms with van der Waals surface area (Å²) in [5.41, 5.74) is 1.61. The van der Waals surface area contributed by atoms with Crippen LogP contribution in [-0.4, -0.2) is 38.3 Å². The van der Waals surface area contributed by atoms with Crippen molar-refractivity contribution in [1.29, 1.82) is 0 Å². The van der Waals surface area contributed by atoms with Crippen LogP contribution in [0.25, 0.3) is 0 Å². The van der Waals surface area contributed by atoms with E-state index in [1.807, 2.05) is 17.0 Å². The predicted molar refractivity (Wildman–Crippen MR) is 89.3 cm³/mol. The molecule has 1 N–H and O–H groups in total. The Labute approximate surface area is 139 Å². The lowest BCUT2D eigenvalue weighted by Crippen LogP contribution is -2.55. The first-order chi connectivity index (χ1) is 9.66. The van der Waals surface area contributed by atoms with Crippen LogP contribution in [0.4, 0.5) is 5.69 Å². The minimum atomic E-state index is -0.658. The third kappa shape index (κ3) is 2.97. The van der Waals surface area contributed by atoms with Crippen LogP contribution in [0.15, 0.2) is 22.7 Å². The van der Waals surface area contributed by atoms with Gasteiger partial charge in [0.15, 0.2) is 0 Å². The number of nitrogens with one attached hydrogen (secondary N) is 1. The summed E-state index contributed by atoms with van der Waals surface area (Å²) in [6, 6.07) is 6.16. The van der Waals surface area contributed by atoms with Gasteiger partial charge < -0.3 is 15.0 Å². The van der Waals surface area contributed by atoms with Crippen LogP contribution in [-0.2, 0) is 16.0 Å². The van der Waals surface area contributed by atoms with E-state index >= 15 is 0 Å². The van der Waals surface area contributed by atoms with Gasteiger partial charge in [0.25, 0.3) is 5.91 Å². The molecule has 0 aromatic heterocycles. The number of ether oxygens (including phenoxy) is 1. The van der Waals surface area contributed by atoms with Crippen LogP contribution in [0.3, 0.4) is 0 Å². The highest BCUT2D eigenvalue weighted by molar-refractivity contribution is 9.10. The minimum absolute atomic E-state index is 0. The maximum absolute atomic E-state index is 13.0. The van der Waals surface area contributed by atoms with Crippen LogP contribution >= 0.6 is 28.3 Å². The zero-order valence-corrected chi connectivity index (χ0v) is 14.4. The normalized spacial score (nSPS) is 19.8. The van der Waals surface area contributed by atoms with E-state index in [9.17, 15) is 4.79 Å². The number of carbonyl (C=O) groups excluding carboxylic acids is 1. The SMILES string of the molecule is COC1(C(=O)N2CCc3ccc(Br)cc32)CCNCC1.Cl. The molecule has 0 radical (unpaired) electrons. The van der Waals surface area contributed by atoms with Crippen LogP contribution in [0.5, 0.6) is 0 Å². The molecule has 2 aliphatic heterocycles. The van der Waals surface area contributed by atoms with E-state index in [1.54, 1.807) is 7.11 Å². The summed E-state index contributed by atoms with van der Waals surface area (Å²) >= 11 is 3.49. The smallest absolute Gasteiger partial charge is 0.259 e. The van der Waals surface area contributed by atoms with Crippen molar-refractivity contribution in [2.75, 3.05) is 31.6 Å². The van der Waals surface area contributed by atoms with E-state index in [2.05, 4.69) is 27.3 Å². The number of carbonyl (C=O) groups is 1. The van der Waals surface area contributed by atoms with Crippen molar-refractivity contribution < 1.29 is 9.53 Å². The van der Waals surface area contributed by atoms with E-state index in [0.29, 0.717) is 0 Å². The van der Waals surface area contributed by atoms with Crippen molar-refractivity contribution in [3.8, 4) is 0 Å². The minimum Gasteiger partial charge on any atom is -0.368 e. The number of fused-ring (bicyclic) bond motifs is 1. The number of hydrogen-bond acceptors (Lipinski definition) is 3. The Hall–Kier alpha value is -0.620. The first-order valence-electron chi connectivity index (χ1n) is 7.02. The molecule has 2 aliphatic rings. The van der Waals surface area contributed by atoms with Crippen molar-refractivity contribution in [1.82, 2.24) is 5.32 Å². The van der Waals surface area contributed by atoms with Gasteiger partial charge in [0, 0.05) is 23.8 Å². The zero-order valence-electron chi connectivity index (χ0n) is 12.0. The molecule has 1 aromatic rings. The molecule has 3 rings (SSSR count). The summed E-state index contributed by atoms with van der Waals surface area (Å²) in [6.45, 7) is 2.42. The summed E-state index contributed by atoms with van der Waals surface area (Å²) < 4.78 is 6.66. The van der Waals surface area contributed by atoms with E-state index in [4.69, 9.17) is 4.74 Å². The molecule has 0 unspecified atom stereocenters. The zero-order chi connectivity index (χ0) is 14.2. The molecular formula is C15H20BrClN2O2. The largest absolute Gasteiger partial charge is 0.368 e. The molecule has 1 amide bonds. The predicted octanol–water partition coefficient (Wildman–Crippen LogP) is 2.53. The second kappa shape index (κ2) is 6.65. The second-order valence-electron chi connectivity index (χ2n) is 5.43. The summed E-state index contributed by atoms with van der Waals surface area (Å²) in [7, 11) is 1.65. The van der Waals surface area contributed by atoms with Gasteiger partial charge in [0.2, 0.25) is 0 Å². The monoisotopic (exact) mass is 374 g/mol. The highest BCUT2D eigenvalue weighted by Gasteiger charge is 2.44. The Kier molecular flexibility index (Phi) is 5.30. The van der Waals surface area contributed by atoms with Crippen molar-refractivity contribution in [3.63, 3.8) is 0 Å². The molecule has 116 valence electrons. The van der Waals surface area contributed by atoms with Gasteiger partial charge >= 0.3 is 0 Å². The summed E-state index contributed by atoms with van der Waals surface area (Å²) in [5.74, 6) is 0.110. The van der Waals surface area contributed by atoms with Crippen LogP contribution in [0.1, 0.15) is 18.4 Å². The number of nitrogens with zero attached hydrogens (tertiary/aromatic N) is 1. The van der Waals surface area contributed by atoms with Crippen molar-refractivity contribution in [2.45, 2.75) is 24.9 Å². The van der Waals surface area contributed by atoms with Gasteiger partial charge in [-0.25, -0.2) is 0 Å². The first kappa shape index (κ1) is 16.7. The Morgan fingerprint density at radius 1 is 1.38 bits per heavy atom. The Bertz CT molecular complexity index is 532. The highest BCUT2D eigenvalue weighted by Crippen LogP contribution is 2.35. The molecule has 0 spiro atoms. The number of methoxy groups -OCH3 is 1. The van der Waals surface area contributed by atoms with Gasteiger partial charge in [-0.2, -0.15) is 0 Å². The van der Waals surface area contributed by atoms with Gasteiger partial charge in [0.05, 0.1) is 0 Å². The van der Waals surface area contributed by atoms with E-state index in [-0.39, 0.29) is 18.3 Å². The summed E-state index contributed by atoms with van der Waals surface area (Å²) in [4.78, 5) is 14.9. The molecule has 1 saturated heterocycles. The Balaban J connectivity index is 0.00000161. The summed E-state index contributed by atoms with van der Waals surface area (Å²) in [6.07, 6.45) is 2.40.